The summed E-state index contributed by atoms with van der Waals surface area (Å²) in [5, 5.41) is 3.56. The molecule has 3 nitrogen and oxygen atoms in total. The molecule has 4 heteroatoms. The predicted octanol–water partition coefficient (Wildman–Crippen LogP) is 3.70. The van der Waals surface area contributed by atoms with Gasteiger partial charge in [0.1, 0.15) is 11.6 Å². The van der Waals surface area contributed by atoms with E-state index in [-0.39, 0.29) is 5.82 Å². The van der Waals surface area contributed by atoms with Crippen molar-refractivity contribution in [1.82, 2.24) is 14.9 Å². The Labute approximate surface area is 125 Å². The maximum absolute atomic E-state index is 13.3. The van der Waals surface area contributed by atoms with Crippen LogP contribution in [0.1, 0.15) is 37.8 Å². The van der Waals surface area contributed by atoms with Gasteiger partial charge in [-0.05, 0) is 56.5 Å². The van der Waals surface area contributed by atoms with Crippen LogP contribution in [0.2, 0.25) is 0 Å². The summed E-state index contributed by atoms with van der Waals surface area (Å²) >= 11 is 0. The number of aromatic nitrogens is 2. The molecule has 0 aliphatic carbocycles. The second-order valence-electron chi connectivity index (χ2n) is 5.85. The Hall–Kier alpha value is -1.68. The molecule has 2 aromatic rings. The Morgan fingerprint density at radius 2 is 2.29 bits per heavy atom. The lowest BCUT2D eigenvalue weighted by Crippen LogP contribution is -2.38. The average molecular weight is 287 g/mol. The first-order valence-electron chi connectivity index (χ1n) is 7.71. The summed E-state index contributed by atoms with van der Waals surface area (Å²) < 4.78 is 15.6. The van der Waals surface area contributed by atoms with E-state index in [9.17, 15) is 4.39 Å². The summed E-state index contributed by atoms with van der Waals surface area (Å²) in [6.45, 7) is 5.21. The zero-order valence-corrected chi connectivity index (χ0v) is 12.6. The van der Waals surface area contributed by atoms with Gasteiger partial charge in [-0.15, -0.1) is 0 Å². The summed E-state index contributed by atoms with van der Waals surface area (Å²) in [5.74, 6) is 0.761. The minimum absolute atomic E-state index is 0.192. The van der Waals surface area contributed by atoms with Gasteiger partial charge in [-0.3, -0.25) is 0 Å². The van der Waals surface area contributed by atoms with Gasteiger partial charge in [0.25, 0.3) is 0 Å². The molecule has 1 N–H and O–H groups in total. The number of benzene rings is 1. The van der Waals surface area contributed by atoms with Crippen LogP contribution >= 0.6 is 0 Å². The molecule has 0 radical (unpaired) electrons. The van der Waals surface area contributed by atoms with Crippen LogP contribution in [0.5, 0.6) is 0 Å². The van der Waals surface area contributed by atoms with E-state index in [1.165, 1.54) is 6.07 Å². The number of rotatable bonds is 3. The molecule has 1 aromatic heterocycles. The third-order valence-corrected chi connectivity index (χ3v) is 4.45. The number of nitrogens with zero attached hydrogens (tertiary/aromatic N) is 2. The smallest absolute Gasteiger partial charge is 0.140 e. The van der Waals surface area contributed by atoms with Crippen LogP contribution in [0.4, 0.5) is 4.39 Å². The molecule has 0 amide bonds. The molecule has 2 heterocycles. The van der Waals surface area contributed by atoms with Gasteiger partial charge in [0, 0.05) is 30.0 Å². The number of piperidine rings is 1. The molecule has 3 rings (SSSR count). The van der Waals surface area contributed by atoms with E-state index in [2.05, 4.69) is 28.0 Å². The average Bonchev–Trinajstić information content (AvgIpc) is 2.96. The van der Waals surface area contributed by atoms with Crippen LogP contribution in [-0.4, -0.2) is 22.1 Å². The topological polar surface area (TPSA) is 29.9 Å². The van der Waals surface area contributed by atoms with Crippen LogP contribution in [0.25, 0.3) is 11.4 Å². The first-order valence-corrected chi connectivity index (χ1v) is 7.71. The maximum atomic E-state index is 13.3. The van der Waals surface area contributed by atoms with E-state index >= 15 is 0 Å². The Morgan fingerprint density at radius 1 is 1.43 bits per heavy atom. The van der Waals surface area contributed by atoms with Crippen molar-refractivity contribution in [3.63, 3.8) is 0 Å². The maximum Gasteiger partial charge on any atom is 0.140 e. The second kappa shape index (κ2) is 5.98. The zero-order chi connectivity index (χ0) is 14.8. The van der Waals surface area contributed by atoms with Gasteiger partial charge in [-0.2, -0.15) is 0 Å². The molecule has 1 saturated heterocycles. The lowest BCUT2D eigenvalue weighted by Gasteiger charge is -2.31. The minimum atomic E-state index is -0.192. The standard InChI is InChI=1S/C17H22FN3/c1-3-14-11-15(6-7-19-14)21-9-8-20-17(21)16-5-4-13(18)10-12(16)2/h4-5,8-10,14-15,19H,3,6-7,11H2,1-2H3/t14-,15+/m0/s1. The van der Waals surface area contributed by atoms with Crippen LogP contribution in [0.15, 0.2) is 30.6 Å². The van der Waals surface area contributed by atoms with E-state index < -0.39 is 0 Å². The number of halogens is 1. The molecule has 0 spiro atoms. The second-order valence-corrected chi connectivity index (χ2v) is 5.85. The van der Waals surface area contributed by atoms with Crippen LogP contribution in [0.3, 0.4) is 0 Å². The van der Waals surface area contributed by atoms with Crippen molar-refractivity contribution in [2.45, 2.75) is 45.2 Å². The van der Waals surface area contributed by atoms with Gasteiger partial charge in [0.05, 0.1) is 0 Å². The normalized spacial score (nSPS) is 22.4. The lowest BCUT2D eigenvalue weighted by molar-refractivity contribution is 0.297. The molecular weight excluding hydrogens is 265 g/mol. The Morgan fingerprint density at radius 3 is 3.05 bits per heavy atom. The van der Waals surface area contributed by atoms with Crippen molar-refractivity contribution in [3.05, 3.63) is 42.0 Å². The fraction of sp³-hybridized carbons (Fsp3) is 0.471. The first kappa shape index (κ1) is 14.3. The first-order chi connectivity index (χ1) is 10.2. The monoisotopic (exact) mass is 287 g/mol. The van der Waals surface area contributed by atoms with Gasteiger partial charge in [0.2, 0.25) is 0 Å². The van der Waals surface area contributed by atoms with E-state index in [0.29, 0.717) is 12.1 Å². The summed E-state index contributed by atoms with van der Waals surface area (Å²) in [6, 6.07) is 5.97. The summed E-state index contributed by atoms with van der Waals surface area (Å²) in [7, 11) is 0. The highest BCUT2D eigenvalue weighted by atomic mass is 19.1. The SMILES string of the molecule is CC[C@H]1C[C@H](n2ccnc2-c2ccc(F)cc2C)CCN1. The largest absolute Gasteiger partial charge is 0.328 e. The molecule has 1 aliphatic heterocycles. The minimum Gasteiger partial charge on any atom is -0.328 e. The van der Waals surface area contributed by atoms with Crippen LogP contribution < -0.4 is 5.32 Å². The number of hydrogen-bond donors (Lipinski definition) is 1. The van der Waals surface area contributed by atoms with E-state index in [1.807, 2.05) is 19.2 Å². The van der Waals surface area contributed by atoms with Crippen molar-refractivity contribution in [2.75, 3.05) is 6.54 Å². The highest BCUT2D eigenvalue weighted by Crippen LogP contribution is 2.30. The van der Waals surface area contributed by atoms with Gasteiger partial charge < -0.3 is 9.88 Å². The molecular formula is C17H22FN3. The highest BCUT2D eigenvalue weighted by Gasteiger charge is 2.23. The number of aryl methyl sites for hydroxylation is 1. The summed E-state index contributed by atoms with van der Waals surface area (Å²) in [6.07, 6.45) is 7.29. The van der Waals surface area contributed by atoms with Gasteiger partial charge >= 0.3 is 0 Å². The number of imidazole rings is 1. The van der Waals surface area contributed by atoms with E-state index in [4.69, 9.17) is 0 Å². The molecule has 1 aromatic carbocycles. The van der Waals surface area contributed by atoms with Crippen molar-refractivity contribution in [1.29, 1.82) is 0 Å². The molecule has 21 heavy (non-hydrogen) atoms. The van der Waals surface area contributed by atoms with Gasteiger partial charge in [-0.25, -0.2) is 9.37 Å². The molecule has 1 aliphatic rings. The fourth-order valence-electron chi connectivity index (χ4n) is 3.24. The third-order valence-electron chi connectivity index (χ3n) is 4.45. The van der Waals surface area contributed by atoms with Gasteiger partial charge in [0.15, 0.2) is 0 Å². The predicted molar refractivity (Wildman–Crippen MR) is 82.7 cm³/mol. The van der Waals surface area contributed by atoms with E-state index in [1.54, 1.807) is 6.07 Å². The molecule has 112 valence electrons. The van der Waals surface area contributed by atoms with Crippen LogP contribution in [0, 0.1) is 12.7 Å². The van der Waals surface area contributed by atoms with Crippen molar-refractivity contribution in [3.8, 4) is 11.4 Å². The highest BCUT2D eigenvalue weighted by molar-refractivity contribution is 5.60. The number of nitrogens with one attached hydrogen (secondary N) is 1. The van der Waals surface area contributed by atoms with Crippen molar-refractivity contribution >= 4 is 0 Å². The molecule has 0 bridgehead atoms. The molecule has 2 atom stereocenters. The zero-order valence-electron chi connectivity index (χ0n) is 12.6. The quantitative estimate of drug-likeness (QED) is 0.933. The Balaban J connectivity index is 1.93. The fourth-order valence-corrected chi connectivity index (χ4v) is 3.24. The number of hydrogen-bond acceptors (Lipinski definition) is 2. The molecule has 0 saturated carbocycles. The van der Waals surface area contributed by atoms with Gasteiger partial charge in [-0.1, -0.05) is 6.92 Å². The van der Waals surface area contributed by atoms with Crippen molar-refractivity contribution < 1.29 is 4.39 Å². The molecule has 1 fully saturated rings. The lowest BCUT2D eigenvalue weighted by atomic mass is 9.97. The summed E-state index contributed by atoms with van der Waals surface area (Å²) in [4.78, 5) is 4.52. The third kappa shape index (κ3) is 2.86. The Kier molecular flexibility index (Phi) is 4.06. The Bertz CT molecular complexity index is 620. The molecule has 0 unspecified atom stereocenters. The summed E-state index contributed by atoms with van der Waals surface area (Å²) in [5.41, 5.74) is 1.96. The van der Waals surface area contributed by atoms with Crippen molar-refractivity contribution in [2.24, 2.45) is 0 Å². The van der Waals surface area contributed by atoms with E-state index in [0.717, 1.165) is 42.8 Å². The van der Waals surface area contributed by atoms with Crippen LogP contribution in [-0.2, 0) is 0 Å².